The zero-order chi connectivity index (χ0) is 20.1. The summed E-state index contributed by atoms with van der Waals surface area (Å²) in [4.78, 5) is 20.5. The van der Waals surface area contributed by atoms with E-state index in [2.05, 4.69) is 24.8 Å². The minimum absolute atomic E-state index is 0.167. The Morgan fingerprint density at radius 2 is 1.83 bits per heavy atom. The van der Waals surface area contributed by atoms with E-state index in [0.29, 0.717) is 48.4 Å². The fourth-order valence-electron chi connectivity index (χ4n) is 3.72. The van der Waals surface area contributed by atoms with Gasteiger partial charge in [0.2, 0.25) is 5.95 Å². The molecule has 1 saturated heterocycles. The van der Waals surface area contributed by atoms with Crippen molar-refractivity contribution in [2.24, 2.45) is 5.92 Å². The van der Waals surface area contributed by atoms with E-state index >= 15 is 0 Å². The third kappa shape index (κ3) is 3.42. The lowest BCUT2D eigenvalue weighted by Crippen LogP contribution is -2.44. The number of aryl methyl sites for hydroxylation is 2. The second-order valence-electron chi connectivity index (χ2n) is 7.76. The van der Waals surface area contributed by atoms with Crippen LogP contribution in [0.3, 0.4) is 0 Å². The summed E-state index contributed by atoms with van der Waals surface area (Å²) in [5, 5.41) is 0. The Balaban J connectivity index is 1.66. The lowest BCUT2D eigenvalue weighted by molar-refractivity contribution is 0.0259. The molecule has 1 aliphatic carbocycles. The highest BCUT2D eigenvalue weighted by Gasteiger charge is 2.36. The van der Waals surface area contributed by atoms with Crippen molar-refractivity contribution in [3.8, 4) is 11.3 Å². The van der Waals surface area contributed by atoms with Crippen LogP contribution >= 0.6 is 0 Å². The number of anilines is 1. The van der Waals surface area contributed by atoms with E-state index in [9.17, 15) is 8.78 Å². The van der Waals surface area contributed by atoms with Gasteiger partial charge in [0.15, 0.2) is 5.65 Å². The van der Waals surface area contributed by atoms with E-state index in [1.807, 2.05) is 13.8 Å². The topological polar surface area (TPSA) is 64.0 Å². The largest absolute Gasteiger partial charge is 0.374 e. The van der Waals surface area contributed by atoms with Gasteiger partial charge < -0.3 is 9.64 Å². The fraction of sp³-hybridized carbons (Fsp3) is 0.429. The van der Waals surface area contributed by atoms with Crippen LogP contribution in [0.15, 0.2) is 18.2 Å². The Morgan fingerprint density at radius 3 is 2.59 bits per heavy atom. The first-order chi connectivity index (χ1) is 14.0. The van der Waals surface area contributed by atoms with Gasteiger partial charge in [-0.2, -0.15) is 4.98 Å². The number of benzene rings is 1. The maximum Gasteiger partial charge on any atom is 0.228 e. The van der Waals surface area contributed by atoms with Crippen LogP contribution in [0.1, 0.15) is 24.2 Å². The second kappa shape index (κ2) is 6.95. The molecule has 3 aromatic rings. The summed E-state index contributed by atoms with van der Waals surface area (Å²) in [6.45, 7) is 5.64. The van der Waals surface area contributed by atoms with Gasteiger partial charge in [-0.15, -0.1) is 0 Å². The van der Waals surface area contributed by atoms with Gasteiger partial charge in [-0.25, -0.2) is 23.7 Å². The van der Waals surface area contributed by atoms with Gasteiger partial charge in [0, 0.05) is 24.7 Å². The molecule has 8 heteroatoms. The highest BCUT2D eigenvalue weighted by molar-refractivity contribution is 5.88. The van der Waals surface area contributed by atoms with Crippen LogP contribution < -0.4 is 4.90 Å². The molecule has 0 bridgehead atoms. The number of ether oxygens (including phenoxy) is 1. The second-order valence-corrected chi connectivity index (χ2v) is 7.76. The Kier molecular flexibility index (Phi) is 4.38. The molecule has 1 unspecified atom stereocenters. The van der Waals surface area contributed by atoms with Gasteiger partial charge in [0.1, 0.15) is 22.8 Å². The van der Waals surface area contributed by atoms with Gasteiger partial charge in [-0.3, -0.25) is 0 Å². The summed E-state index contributed by atoms with van der Waals surface area (Å²) < 4.78 is 34.0. The average Bonchev–Trinajstić information content (AvgIpc) is 3.54. The van der Waals surface area contributed by atoms with Gasteiger partial charge >= 0.3 is 0 Å². The van der Waals surface area contributed by atoms with Crippen LogP contribution in [0.4, 0.5) is 14.7 Å². The Morgan fingerprint density at radius 1 is 1.03 bits per heavy atom. The highest BCUT2D eigenvalue weighted by atomic mass is 19.1. The predicted molar refractivity (Wildman–Crippen MR) is 105 cm³/mol. The summed E-state index contributed by atoms with van der Waals surface area (Å²) in [5.41, 5.74) is 2.81. The highest BCUT2D eigenvalue weighted by Crippen LogP contribution is 2.36. The molecule has 3 heterocycles. The molecule has 2 fully saturated rings. The first-order valence-corrected chi connectivity index (χ1v) is 9.84. The maximum absolute atomic E-state index is 14.6. The summed E-state index contributed by atoms with van der Waals surface area (Å²) in [7, 11) is 0. The number of nitrogens with zero attached hydrogens (tertiary/aromatic N) is 5. The molecular weight excluding hydrogens is 376 g/mol. The Hall–Kier alpha value is -2.74. The number of rotatable bonds is 3. The molecule has 6 nitrogen and oxygen atoms in total. The van der Waals surface area contributed by atoms with Gasteiger partial charge in [0.05, 0.1) is 24.1 Å². The van der Waals surface area contributed by atoms with E-state index in [4.69, 9.17) is 4.74 Å². The van der Waals surface area contributed by atoms with E-state index in [-0.39, 0.29) is 11.7 Å². The molecule has 0 amide bonds. The molecule has 5 rings (SSSR count). The molecule has 0 spiro atoms. The van der Waals surface area contributed by atoms with Crippen molar-refractivity contribution in [2.45, 2.75) is 32.8 Å². The first-order valence-electron chi connectivity index (χ1n) is 9.84. The molecular formula is C21H21F2N5O. The number of hydrogen-bond acceptors (Lipinski definition) is 6. The van der Waals surface area contributed by atoms with Crippen LogP contribution in [0.25, 0.3) is 22.4 Å². The number of aromatic nitrogens is 4. The molecule has 29 heavy (non-hydrogen) atoms. The van der Waals surface area contributed by atoms with Crippen LogP contribution in [0.5, 0.6) is 0 Å². The van der Waals surface area contributed by atoms with Crippen molar-refractivity contribution in [1.82, 2.24) is 19.9 Å². The summed E-state index contributed by atoms with van der Waals surface area (Å²) in [6.07, 6.45) is 2.54. The van der Waals surface area contributed by atoms with Crippen molar-refractivity contribution < 1.29 is 13.5 Å². The zero-order valence-corrected chi connectivity index (χ0v) is 16.3. The molecule has 1 atom stereocenters. The SMILES string of the molecule is Cc1nc2nc(N3CCOC(C4CC4)C3)nc(-c3ccc(F)cc3F)c2nc1C. The van der Waals surface area contributed by atoms with Gasteiger partial charge in [-0.1, -0.05) is 0 Å². The minimum atomic E-state index is -0.686. The van der Waals surface area contributed by atoms with Crippen LogP contribution in [-0.4, -0.2) is 45.7 Å². The standard InChI is InChI=1S/C21H21F2N5O/c1-11-12(2)25-20-19(24-11)18(15-6-5-14(22)9-16(15)23)26-21(27-20)28-7-8-29-17(10-28)13-3-4-13/h5-6,9,13,17H,3-4,7-8,10H2,1-2H3. The summed E-state index contributed by atoms with van der Waals surface area (Å²) >= 11 is 0. The van der Waals surface area contributed by atoms with Crippen LogP contribution in [0.2, 0.25) is 0 Å². The van der Waals surface area contributed by atoms with E-state index in [1.165, 1.54) is 25.0 Å². The predicted octanol–water partition coefficient (Wildman–Crippen LogP) is 3.60. The first kappa shape index (κ1) is 18.3. The number of hydrogen-bond donors (Lipinski definition) is 0. The molecule has 1 saturated carbocycles. The molecule has 2 aliphatic rings. The molecule has 0 N–H and O–H groups in total. The van der Waals surface area contributed by atoms with Crippen molar-refractivity contribution in [2.75, 3.05) is 24.6 Å². The van der Waals surface area contributed by atoms with Crippen molar-refractivity contribution >= 4 is 17.1 Å². The minimum Gasteiger partial charge on any atom is -0.374 e. The third-order valence-electron chi connectivity index (χ3n) is 5.64. The quantitative estimate of drug-likeness (QED) is 0.673. The Labute approximate surface area is 167 Å². The van der Waals surface area contributed by atoms with Crippen LogP contribution in [-0.2, 0) is 4.74 Å². The van der Waals surface area contributed by atoms with E-state index in [0.717, 1.165) is 17.5 Å². The molecule has 1 aliphatic heterocycles. The number of halogens is 2. The lowest BCUT2D eigenvalue weighted by Gasteiger charge is -2.33. The number of morpholine rings is 1. The zero-order valence-electron chi connectivity index (χ0n) is 16.3. The fourth-order valence-corrected chi connectivity index (χ4v) is 3.72. The van der Waals surface area contributed by atoms with Gasteiger partial charge in [0.25, 0.3) is 0 Å². The molecule has 150 valence electrons. The Bertz CT molecular complexity index is 1100. The average molecular weight is 397 g/mol. The van der Waals surface area contributed by atoms with Crippen LogP contribution in [0, 0.1) is 31.4 Å². The third-order valence-corrected chi connectivity index (χ3v) is 5.64. The molecule has 2 aromatic heterocycles. The van der Waals surface area contributed by atoms with Gasteiger partial charge in [-0.05, 0) is 44.7 Å². The monoisotopic (exact) mass is 397 g/mol. The summed E-state index contributed by atoms with van der Waals surface area (Å²) in [6, 6.07) is 3.47. The smallest absolute Gasteiger partial charge is 0.228 e. The summed E-state index contributed by atoms with van der Waals surface area (Å²) in [5.74, 6) is -0.253. The van der Waals surface area contributed by atoms with E-state index in [1.54, 1.807) is 0 Å². The normalized spacial score (nSPS) is 19.7. The number of fused-ring (bicyclic) bond motifs is 1. The van der Waals surface area contributed by atoms with Crippen molar-refractivity contribution in [1.29, 1.82) is 0 Å². The maximum atomic E-state index is 14.6. The molecule has 0 radical (unpaired) electrons. The lowest BCUT2D eigenvalue weighted by atomic mass is 10.1. The van der Waals surface area contributed by atoms with E-state index < -0.39 is 11.6 Å². The van der Waals surface area contributed by atoms with Crippen molar-refractivity contribution in [3.05, 3.63) is 41.2 Å². The molecule has 1 aromatic carbocycles. The van der Waals surface area contributed by atoms with Crippen molar-refractivity contribution in [3.63, 3.8) is 0 Å².